The SMILES string of the molecule is c1ccc(Nc2ncnc3ccc(-c4ccc(CNC5CN6CCC5CC6)cc4)cc23)cc1. The standard InChI is InChI=1S/C28H29N5/c1-2-4-24(5-3-1)32-28-25-16-23(10-11-26(25)30-19-31-28)21-8-6-20(7-9-21)17-29-27-18-33-14-12-22(27)13-15-33/h1-11,16,19,22,27,29H,12-15,17-18H2,(H,30,31,32). The van der Waals surface area contributed by atoms with E-state index in [1.807, 2.05) is 30.3 Å². The fourth-order valence-corrected chi connectivity index (χ4v) is 5.25. The third kappa shape index (κ3) is 4.34. The van der Waals surface area contributed by atoms with Gasteiger partial charge in [0.2, 0.25) is 0 Å². The van der Waals surface area contributed by atoms with E-state index in [9.17, 15) is 0 Å². The van der Waals surface area contributed by atoms with Gasteiger partial charge in [0.1, 0.15) is 12.1 Å². The zero-order chi connectivity index (χ0) is 22.0. The lowest BCUT2D eigenvalue weighted by Crippen LogP contribution is -2.55. The lowest BCUT2D eigenvalue weighted by molar-refractivity contribution is 0.0720. The molecule has 3 saturated heterocycles. The highest BCUT2D eigenvalue weighted by atomic mass is 15.2. The minimum atomic E-state index is 0.642. The van der Waals surface area contributed by atoms with E-state index in [0.717, 1.165) is 34.9 Å². The van der Waals surface area contributed by atoms with Crippen molar-refractivity contribution in [2.45, 2.75) is 25.4 Å². The second kappa shape index (κ2) is 8.93. The van der Waals surface area contributed by atoms with Crippen LogP contribution in [0.2, 0.25) is 0 Å². The summed E-state index contributed by atoms with van der Waals surface area (Å²) in [4.78, 5) is 11.6. The molecule has 33 heavy (non-hydrogen) atoms. The van der Waals surface area contributed by atoms with Crippen LogP contribution in [0.4, 0.5) is 11.5 Å². The molecule has 0 amide bonds. The summed E-state index contributed by atoms with van der Waals surface area (Å²) in [5, 5.41) is 8.27. The van der Waals surface area contributed by atoms with Crippen LogP contribution < -0.4 is 10.6 Å². The van der Waals surface area contributed by atoms with Gasteiger partial charge < -0.3 is 15.5 Å². The van der Waals surface area contributed by atoms with Crippen LogP contribution in [0.5, 0.6) is 0 Å². The molecular formula is C28H29N5. The summed E-state index contributed by atoms with van der Waals surface area (Å²) in [6.07, 6.45) is 4.32. The minimum Gasteiger partial charge on any atom is -0.340 e. The summed E-state index contributed by atoms with van der Waals surface area (Å²) in [5.74, 6) is 1.68. The van der Waals surface area contributed by atoms with Gasteiger partial charge in [-0.2, -0.15) is 0 Å². The molecule has 1 unspecified atom stereocenters. The molecule has 0 saturated carbocycles. The number of fused-ring (bicyclic) bond motifs is 4. The van der Waals surface area contributed by atoms with Crippen LogP contribution in [0.1, 0.15) is 18.4 Å². The smallest absolute Gasteiger partial charge is 0.141 e. The van der Waals surface area contributed by atoms with Crippen molar-refractivity contribution in [3.63, 3.8) is 0 Å². The molecule has 3 aromatic carbocycles. The van der Waals surface area contributed by atoms with Crippen molar-refractivity contribution in [3.8, 4) is 11.1 Å². The highest BCUT2D eigenvalue weighted by Crippen LogP contribution is 2.30. The average Bonchev–Trinajstić information content (AvgIpc) is 2.89. The number of nitrogens with zero attached hydrogens (tertiary/aromatic N) is 3. The maximum absolute atomic E-state index is 4.50. The Morgan fingerprint density at radius 3 is 2.39 bits per heavy atom. The quantitative estimate of drug-likeness (QED) is 0.435. The summed E-state index contributed by atoms with van der Waals surface area (Å²) in [7, 11) is 0. The molecule has 3 fully saturated rings. The van der Waals surface area contributed by atoms with Crippen molar-refractivity contribution >= 4 is 22.4 Å². The largest absolute Gasteiger partial charge is 0.340 e. The number of anilines is 2. The lowest BCUT2D eigenvalue weighted by Gasteiger charge is -2.45. The van der Waals surface area contributed by atoms with Gasteiger partial charge in [-0.3, -0.25) is 0 Å². The van der Waals surface area contributed by atoms with Crippen molar-refractivity contribution in [2.24, 2.45) is 5.92 Å². The summed E-state index contributed by atoms with van der Waals surface area (Å²) in [5.41, 5.74) is 5.67. The first kappa shape index (κ1) is 20.3. The molecular weight excluding hydrogens is 406 g/mol. The monoisotopic (exact) mass is 435 g/mol. The van der Waals surface area contributed by atoms with Gasteiger partial charge in [0.15, 0.2) is 0 Å². The van der Waals surface area contributed by atoms with E-state index in [-0.39, 0.29) is 0 Å². The van der Waals surface area contributed by atoms with Gasteiger partial charge in [-0.05, 0) is 72.8 Å². The predicted octanol–water partition coefficient (Wildman–Crippen LogP) is 5.22. The Morgan fingerprint density at radius 2 is 1.64 bits per heavy atom. The third-order valence-corrected chi connectivity index (χ3v) is 7.18. The highest BCUT2D eigenvalue weighted by Gasteiger charge is 2.33. The van der Waals surface area contributed by atoms with Crippen molar-refractivity contribution < 1.29 is 0 Å². The van der Waals surface area contributed by atoms with Crippen molar-refractivity contribution in [2.75, 3.05) is 25.0 Å². The summed E-state index contributed by atoms with van der Waals surface area (Å²) in [6.45, 7) is 4.72. The van der Waals surface area contributed by atoms with Crippen LogP contribution >= 0.6 is 0 Å². The number of hydrogen-bond acceptors (Lipinski definition) is 5. The molecule has 0 spiro atoms. The topological polar surface area (TPSA) is 53.1 Å². The van der Waals surface area contributed by atoms with Gasteiger partial charge in [-0.15, -0.1) is 0 Å². The van der Waals surface area contributed by atoms with E-state index in [4.69, 9.17) is 0 Å². The van der Waals surface area contributed by atoms with Gasteiger partial charge in [0, 0.05) is 30.2 Å². The molecule has 2 N–H and O–H groups in total. The van der Waals surface area contributed by atoms with E-state index in [1.165, 1.54) is 49.2 Å². The Bertz CT molecular complexity index is 1230. The molecule has 4 aromatic rings. The van der Waals surface area contributed by atoms with Crippen LogP contribution in [-0.4, -0.2) is 40.5 Å². The van der Waals surface area contributed by atoms with Crippen LogP contribution in [0.3, 0.4) is 0 Å². The molecule has 4 heterocycles. The zero-order valence-electron chi connectivity index (χ0n) is 18.7. The normalized spacial score (nSPS) is 21.9. The third-order valence-electron chi connectivity index (χ3n) is 7.18. The number of rotatable bonds is 6. The fraction of sp³-hybridized carbons (Fsp3) is 0.286. The van der Waals surface area contributed by atoms with E-state index >= 15 is 0 Å². The number of para-hydroxylation sites is 1. The Labute approximate surface area is 194 Å². The molecule has 2 bridgehead atoms. The molecule has 3 aliphatic rings. The summed E-state index contributed by atoms with van der Waals surface area (Å²) >= 11 is 0. The van der Waals surface area contributed by atoms with Crippen molar-refractivity contribution in [3.05, 3.63) is 84.7 Å². The molecule has 7 rings (SSSR count). The number of hydrogen-bond donors (Lipinski definition) is 2. The van der Waals surface area contributed by atoms with Gasteiger partial charge >= 0.3 is 0 Å². The van der Waals surface area contributed by atoms with Gasteiger partial charge in [-0.1, -0.05) is 48.5 Å². The second-order valence-electron chi connectivity index (χ2n) is 9.27. The van der Waals surface area contributed by atoms with E-state index in [2.05, 4.69) is 68.0 Å². The van der Waals surface area contributed by atoms with Crippen molar-refractivity contribution in [1.29, 1.82) is 0 Å². The maximum Gasteiger partial charge on any atom is 0.141 e. The molecule has 5 nitrogen and oxygen atoms in total. The molecule has 5 heteroatoms. The highest BCUT2D eigenvalue weighted by molar-refractivity contribution is 5.93. The summed E-state index contributed by atoms with van der Waals surface area (Å²) < 4.78 is 0. The molecule has 3 aliphatic heterocycles. The van der Waals surface area contributed by atoms with E-state index in [1.54, 1.807) is 6.33 Å². The Balaban J connectivity index is 1.19. The average molecular weight is 436 g/mol. The second-order valence-corrected chi connectivity index (χ2v) is 9.27. The first-order chi connectivity index (χ1) is 16.3. The first-order valence-corrected chi connectivity index (χ1v) is 11.9. The molecule has 1 aromatic heterocycles. The van der Waals surface area contributed by atoms with Crippen LogP contribution in [0, 0.1) is 5.92 Å². The zero-order valence-corrected chi connectivity index (χ0v) is 18.7. The first-order valence-electron chi connectivity index (χ1n) is 11.9. The van der Waals surface area contributed by atoms with Gasteiger partial charge in [0.25, 0.3) is 0 Å². The fourth-order valence-electron chi connectivity index (χ4n) is 5.25. The maximum atomic E-state index is 4.50. The molecule has 1 atom stereocenters. The Kier molecular flexibility index (Phi) is 5.50. The molecule has 166 valence electrons. The van der Waals surface area contributed by atoms with Gasteiger partial charge in [0.05, 0.1) is 5.52 Å². The van der Waals surface area contributed by atoms with Crippen LogP contribution in [-0.2, 0) is 6.54 Å². The van der Waals surface area contributed by atoms with E-state index in [0.29, 0.717) is 6.04 Å². The molecule has 0 radical (unpaired) electrons. The van der Waals surface area contributed by atoms with Gasteiger partial charge in [-0.25, -0.2) is 9.97 Å². The number of benzene rings is 3. The number of nitrogens with one attached hydrogen (secondary N) is 2. The van der Waals surface area contributed by atoms with Crippen LogP contribution in [0.25, 0.3) is 22.0 Å². The minimum absolute atomic E-state index is 0.642. The predicted molar refractivity (Wildman–Crippen MR) is 134 cm³/mol. The van der Waals surface area contributed by atoms with E-state index < -0.39 is 0 Å². The molecule has 0 aliphatic carbocycles. The Morgan fingerprint density at radius 1 is 0.848 bits per heavy atom. The number of aromatic nitrogens is 2. The summed E-state index contributed by atoms with van der Waals surface area (Å²) in [6, 6.07) is 26.1. The Hall–Kier alpha value is -3.28. The lowest BCUT2D eigenvalue weighted by atomic mass is 9.84. The van der Waals surface area contributed by atoms with Crippen LogP contribution in [0.15, 0.2) is 79.1 Å². The number of piperidine rings is 3. The van der Waals surface area contributed by atoms with Crippen molar-refractivity contribution in [1.82, 2.24) is 20.2 Å².